The van der Waals surface area contributed by atoms with Gasteiger partial charge in [-0.15, -0.1) is 0 Å². The number of rotatable bonds is 2. The molecule has 1 N–H and O–H groups in total. The Balaban J connectivity index is 1.95. The summed E-state index contributed by atoms with van der Waals surface area (Å²) in [7, 11) is 0. The smallest absolute Gasteiger partial charge is 0.152 e. The molecule has 0 aliphatic heterocycles. The highest BCUT2D eigenvalue weighted by atomic mass is 35.5. The van der Waals surface area contributed by atoms with E-state index >= 15 is 0 Å². The van der Waals surface area contributed by atoms with E-state index in [-0.39, 0.29) is 0 Å². The van der Waals surface area contributed by atoms with Gasteiger partial charge in [-0.25, -0.2) is 4.98 Å². The Labute approximate surface area is 102 Å². The van der Waals surface area contributed by atoms with E-state index < -0.39 is 0 Å². The SMILES string of the molecule is CC1(C)CCC(Nc2cccnc2Cl)CC1. The fourth-order valence-electron chi connectivity index (χ4n) is 2.26. The van der Waals surface area contributed by atoms with E-state index in [9.17, 15) is 0 Å². The highest BCUT2D eigenvalue weighted by molar-refractivity contribution is 6.31. The second-order valence-corrected chi connectivity index (χ2v) is 5.78. The van der Waals surface area contributed by atoms with Crippen LogP contribution in [-0.4, -0.2) is 11.0 Å². The van der Waals surface area contributed by atoms with Crippen molar-refractivity contribution in [2.75, 3.05) is 5.32 Å². The normalized spacial score (nSPS) is 20.7. The van der Waals surface area contributed by atoms with Crippen LogP contribution in [0.3, 0.4) is 0 Å². The summed E-state index contributed by atoms with van der Waals surface area (Å²) in [6, 6.07) is 4.46. The van der Waals surface area contributed by atoms with Gasteiger partial charge in [0.25, 0.3) is 0 Å². The van der Waals surface area contributed by atoms with Crippen molar-refractivity contribution in [3.05, 3.63) is 23.5 Å². The maximum Gasteiger partial charge on any atom is 0.152 e. The summed E-state index contributed by atoms with van der Waals surface area (Å²) in [6.45, 7) is 4.69. The van der Waals surface area contributed by atoms with Gasteiger partial charge in [0.05, 0.1) is 5.69 Å². The number of nitrogens with one attached hydrogen (secondary N) is 1. The molecule has 1 fully saturated rings. The fraction of sp³-hybridized carbons (Fsp3) is 0.615. The van der Waals surface area contributed by atoms with Crippen LogP contribution in [0.1, 0.15) is 39.5 Å². The number of hydrogen-bond acceptors (Lipinski definition) is 2. The maximum absolute atomic E-state index is 6.03. The summed E-state index contributed by atoms with van der Waals surface area (Å²) in [4.78, 5) is 4.08. The van der Waals surface area contributed by atoms with Crippen LogP contribution in [0, 0.1) is 5.41 Å². The molecule has 1 aliphatic carbocycles. The first-order valence-corrected chi connectivity index (χ1v) is 6.32. The molecular weight excluding hydrogens is 220 g/mol. The van der Waals surface area contributed by atoms with Crippen molar-refractivity contribution in [3.8, 4) is 0 Å². The van der Waals surface area contributed by atoms with Crippen LogP contribution < -0.4 is 5.32 Å². The van der Waals surface area contributed by atoms with E-state index in [4.69, 9.17) is 11.6 Å². The molecule has 0 spiro atoms. The number of pyridine rings is 1. The Hall–Kier alpha value is -0.760. The fourth-order valence-corrected chi connectivity index (χ4v) is 2.43. The zero-order valence-electron chi connectivity index (χ0n) is 9.96. The molecule has 88 valence electrons. The van der Waals surface area contributed by atoms with E-state index in [1.54, 1.807) is 6.20 Å². The molecular formula is C13H19ClN2. The Morgan fingerprint density at radius 2 is 2.06 bits per heavy atom. The third-order valence-corrected chi connectivity index (χ3v) is 3.76. The molecule has 3 heteroatoms. The number of nitrogens with zero attached hydrogens (tertiary/aromatic N) is 1. The minimum atomic E-state index is 0.511. The van der Waals surface area contributed by atoms with E-state index in [0.717, 1.165) is 5.69 Å². The molecule has 2 nitrogen and oxygen atoms in total. The highest BCUT2D eigenvalue weighted by Crippen LogP contribution is 2.36. The lowest BCUT2D eigenvalue weighted by Crippen LogP contribution is -2.29. The topological polar surface area (TPSA) is 24.9 Å². The zero-order chi connectivity index (χ0) is 11.6. The lowest BCUT2D eigenvalue weighted by atomic mass is 9.75. The molecule has 1 heterocycles. The largest absolute Gasteiger partial charge is 0.380 e. The van der Waals surface area contributed by atoms with Crippen LogP contribution >= 0.6 is 11.6 Å². The second-order valence-electron chi connectivity index (χ2n) is 5.42. The minimum Gasteiger partial charge on any atom is -0.380 e. The summed E-state index contributed by atoms with van der Waals surface area (Å²) in [5.74, 6) is 0. The van der Waals surface area contributed by atoms with Gasteiger partial charge in [0, 0.05) is 12.2 Å². The van der Waals surface area contributed by atoms with Gasteiger partial charge in [-0.1, -0.05) is 25.4 Å². The third kappa shape index (κ3) is 2.88. The molecule has 16 heavy (non-hydrogen) atoms. The van der Waals surface area contributed by atoms with Crippen molar-refractivity contribution < 1.29 is 0 Å². The van der Waals surface area contributed by atoms with Gasteiger partial charge in [0.2, 0.25) is 0 Å². The summed E-state index contributed by atoms with van der Waals surface area (Å²) in [6.07, 6.45) is 6.72. The average Bonchev–Trinajstić information content (AvgIpc) is 2.24. The van der Waals surface area contributed by atoms with Crippen molar-refractivity contribution in [2.24, 2.45) is 5.41 Å². The van der Waals surface area contributed by atoms with Crippen LogP contribution in [0.2, 0.25) is 5.15 Å². The molecule has 0 aromatic carbocycles. The van der Waals surface area contributed by atoms with Crippen molar-refractivity contribution in [2.45, 2.75) is 45.6 Å². The average molecular weight is 239 g/mol. The molecule has 0 radical (unpaired) electrons. The molecule has 0 atom stereocenters. The summed E-state index contributed by atoms with van der Waals surface area (Å²) in [5, 5.41) is 4.07. The maximum atomic E-state index is 6.03. The number of hydrogen-bond donors (Lipinski definition) is 1. The van der Waals surface area contributed by atoms with Gasteiger partial charge in [-0.2, -0.15) is 0 Å². The molecule has 1 aromatic heterocycles. The van der Waals surface area contributed by atoms with Crippen LogP contribution in [0.5, 0.6) is 0 Å². The summed E-state index contributed by atoms with van der Waals surface area (Å²) in [5.41, 5.74) is 1.48. The van der Waals surface area contributed by atoms with E-state index in [1.807, 2.05) is 12.1 Å². The van der Waals surface area contributed by atoms with E-state index in [0.29, 0.717) is 16.6 Å². The number of halogens is 1. The Kier molecular flexibility index (Phi) is 3.38. The van der Waals surface area contributed by atoms with Crippen molar-refractivity contribution in [1.29, 1.82) is 0 Å². The summed E-state index contributed by atoms with van der Waals surface area (Å²) >= 11 is 6.03. The second kappa shape index (κ2) is 4.62. The van der Waals surface area contributed by atoms with Crippen molar-refractivity contribution in [1.82, 2.24) is 4.98 Å². The highest BCUT2D eigenvalue weighted by Gasteiger charge is 2.26. The van der Waals surface area contributed by atoms with Gasteiger partial charge in [0.15, 0.2) is 5.15 Å². The first-order valence-electron chi connectivity index (χ1n) is 5.94. The molecule has 0 saturated heterocycles. The van der Waals surface area contributed by atoms with Gasteiger partial charge in [-0.3, -0.25) is 0 Å². The van der Waals surface area contributed by atoms with Gasteiger partial charge in [0.1, 0.15) is 0 Å². The molecule has 0 amide bonds. The minimum absolute atomic E-state index is 0.511. The first kappa shape index (κ1) is 11.7. The molecule has 1 aliphatic rings. The molecule has 2 rings (SSSR count). The third-order valence-electron chi connectivity index (χ3n) is 3.46. The first-order chi connectivity index (χ1) is 7.57. The Bertz CT molecular complexity index is 353. The van der Waals surface area contributed by atoms with Crippen LogP contribution in [0.4, 0.5) is 5.69 Å². The van der Waals surface area contributed by atoms with E-state index in [2.05, 4.69) is 24.1 Å². The van der Waals surface area contributed by atoms with Gasteiger partial charge in [-0.05, 0) is 43.2 Å². The van der Waals surface area contributed by atoms with Crippen molar-refractivity contribution >= 4 is 17.3 Å². The molecule has 1 saturated carbocycles. The standard InChI is InChI=1S/C13H19ClN2/c1-13(2)7-5-10(6-8-13)16-11-4-3-9-15-12(11)14/h3-4,9-10,16H,5-8H2,1-2H3. The monoisotopic (exact) mass is 238 g/mol. The van der Waals surface area contributed by atoms with Crippen LogP contribution in [0.15, 0.2) is 18.3 Å². The van der Waals surface area contributed by atoms with Crippen LogP contribution in [-0.2, 0) is 0 Å². The lowest BCUT2D eigenvalue weighted by Gasteiger charge is -2.35. The summed E-state index contributed by atoms with van der Waals surface area (Å²) < 4.78 is 0. The molecule has 0 unspecified atom stereocenters. The predicted octanol–water partition coefficient (Wildman–Crippen LogP) is 4.12. The zero-order valence-corrected chi connectivity index (χ0v) is 10.7. The number of anilines is 1. The predicted molar refractivity (Wildman–Crippen MR) is 68.9 cm³/mol. The number of aromatic nitrogens is 1. The Morgan fingerprint density at radius 3 is 2.69 bits per heavy atom. The lowest BCUT2D eigenvalue weighted by molar-refractivity contribution is 0.232. The van der Waals surface area contributed by atoms with Crippen LogP contribution in [0.25, 0.3) is 0 Å². The Morgan fingerprint density at radius 1 is 1.38 bits per heavy atom. The molecule has 0 bridgehead atoms. The molecule has 1 aromatic rings. The van der Waals surface area contributed by atoms with Gasteiger partial charge >= 0.3 is 0 Å². The van der Waals surface area contributed by atoms with E-state index in [1.165, 1.54) is 25.7 Å². The van der Waals surface area contributed by atoms with Crippen molar-refractivity contribution in [3.63, 3.8) is 0 Å². The quantitative estimate of drug-likeness (QED) is 0.785. The van der Waals surface area contributed by atoms with Gasteiger partial charge < -0.3 is 5.32 Å².